The van der Waals surface area contributed by atoms with Crippen molar-refractivity contribution >= 4 is 28.9 Å². The number of carbonyl (C=O) groups excluding carboxylic acids is 1. The minimum atomic E-state index is -0.0435. The van der Waals surface area contributed by atoms with Crippen LogP contribution in [0.3, 0.4) is 0 Å². The number of pyridine rings is 1. The Hall–Kier alpha value is -3.39. The quantitative estimate of drug-likeness (QED) is 0.508. The van der Waals surface area contributed by atoms with Crippen molar-refractivity contribution in [2.75, 3.05) is 32.6 Å². The Morgan fingerprint density at radius 3 is 2.59 bits per heavy atom. The third-order valence-electron chi connectivity index (χ3n) is 6.12. The largest absolute Gasteiger partial charge is 0.497 e. The van der Waals surface area contributed by atoms with Gasteiger partial charge >= 0.3 is 0 Å². The van der Waals surface area contributed by atoms with E-state index in [1.54, 1.807) is 25.3 Å². The maximum Gasteiger partial charge on any atom is 0.255 e. The lowest BCUT2D eigenvalue weighted by Crippen LogP contribution is -2.41. The van der Waals surface area contributed by atoms with Crippen LogP contribution in [0.5, 0.6) is 5.75 Å². The van der Waals surface area contributed by atoms with E-state index < -0.39 is 0 Å². The lowest BCUT2D eigenvalue weighted by molar-refractivity contribution is 0.0772. The van der Waals surface area contributed by atoms with Crippen LogP contribution in [0.1, 0.15) is 46.3 Å². The molecule has 1 aliphatic heterocycles. The summed E-state index contributed by atoms with van der Waals surface area (Å²) in [6, 6.07) is 15.2. The van der Waals surface area contributed by atoms with Crippen molar-refractivity contribution in [2.45, 2.75) is 32.2 Å². The highest BCUT2D eigenvalue weighted by atomic mass is 32.1. The van der Waals surface area contributed by atoms with Crippen molar-refractivity contribution in [3.63, 3.8) is 0 Å². The highest BCUT2D eigenvalue weighted by Crippen LogP contribution is 2.30. The number of hydrogen-bond donors (Lipinski definition) is 1. The van der Waals surface area contributed by atoms with E-state index in [0.717, 1.165) is 54.5 Å². The van der Waals surface area contributed by atoms with Gasteiger partial charge in [-0.2, -0.15) is 0 Å². The number of nitrogens with zero attached hydrogens (tertiary/aromatic N) is 3. The molecule has 0 unspecified atom stereocenters. The number of aryl methyl sites for hydroxylation is 1. The second-order valence-electron chi connectivity index (χ2n) is 8.55. The first-order valence-electron chi connectivity index (χ1n) is 11.4. The number of methoxy groups -OCH3 is 1. The molecule has 0 aliphatic carbocycles. The molecular formula is C26H30N4O3S. The van der Waals surface area contributed by atoms with Crippen LogP contribution in [0.2, 0.25) is 0 Å². The Bertz CT molecular complexity index is 1120. The fourth-order valence-corrected chi connectivity index (χ4v) is 4.52. The van der Waals surface area contributed by atoms with Gasteiger partial charge in [-0.3, -0.25) is 9.78 Å². The van der Waals surface area contributed by atoms with Crippen LogP contribution >= 0.6 is 12.2 Å². The van der Waals surface area contributed by atoms with Crippen molar-refractivity contribution < 1.29 is 13.9 Å². The van der Waals surface area contributed by atoms with E-state index in [1.165, 1.54) is 0 Å². The number of ether oxygens (including phenoxy) is 1. The first kappa shape index (κ1) is 23.8. The van der Waals surface area contributed by atoms with Crippen molar-refractivity contribution in [3.05, 3.63) is 77.5 Å². The molecule has 3 heterocycles. The molecule has 0 radical (unpaired) electrons. The number of furan rings is 1. The van der Waals surface area contributed by atoms with Gasteiger partial charge in [-0.25, -0.2) is 0 Å². The van der Waals surface area contributed by atoms with E-state index in [2.05, 4.69) is 10.2 Å². The van der Waals surface area contributed by atoms with Crippen LogP contribution in [0.25, 0.3) is 0 Å². The highest BCUT2D eigenvalue weighted by molar-refractivity contribution is 7.80. The number of thiocarbonyl (C=S) groups is 1. The third-order valence-corrected chi connectivity index (χ3v) is 6.48. The number of piperidine rings is 1. The average molecular weight is 479 g/mol. The van der Waals surface area contributed by atoms with Gasteiger partial charge < -0.3 is 24.3 Å². The molecule has 0 spiro atoms. The fourth-order valence-electron chi connectivity index (χ4n) is 4.22. The predicted molar refractivity (Wildman–Crippen MR) is 136 cm³/mol. The van der Waals surface area contributed by atoms with Crippen molar-refractivity contribution in [2.24, 2.45) is 0 Å². The van der Waals surface area contributed by atoms with Crippen LogP contribution < -0.4 is 10.1 Å². The zero-order valence-electron chi connectivity index (χ0n) is 19.8. The first-order valence-corrected chi connectivity index (χ1v) is 11.8. The molecule has 178 valence electrons. The molecule has 8 heteroatoms. The second kappa shape index (κ2) is 10.7. The summed E-state index contributed by atoms with van der Waals surface area (Å²) in [4.78, 5) is 21.9. The molecule has 2 aromatic heterocycles. The maximum absolute atomic E-state index is 13.3. The Morgan fingerprint density at radius 1 is 1.21 bits per heavy atom. The van der Waals surface area contributed by atoms with Crippen LogP contribution in [0.15, 0.2) is 59.2 Å². The minimum absolute atomic E-state index is 0.0435. The number of amides is 1. The molecule has 7 nitrogen and oxygen atoms in total. The molecule has 3 aromatic rings. The Balaban J connectivity index is 1.41. The summed E-state index contributed by atoms with van der Waals surface area (Å²) >= 11 is 5.65. The van der Waals surface area contributed by atoms with Gasteiger partial charge in [0.05, 0.1) is 31.2 Å². The molecule has 1 N–H and O–H groups in total. The van der Waals surface area contributed by atoms with Crippen molar-refractivity contribution in [1.29, 1.82) is 0 Å². The summed E-state index contributed by atoms with van der Waals surface area (Å²) in [5.74, 6) is 1.72. The first-order chi connectivity index (χ1) is 16.4. The normalized spacial score (nSPS) is 14.0. The average Bonchev–Trinajstić information content (AvgIpc) is 3.37. The fraction of sp³-hybridized carbons (Fsp3) is 0.346. The predicted octanol–water partition coefficient (Wildman–Crippen LogP) is 4.84. The number of benzene rings is 1. The summed E-state index contributed by atoms with van der Waals surface area (Å²) < 4.78 is 10.6. The third kappa shape index (κ3) is 5.56. The van der Waals surface area contributed by atoms with Crippen LogP contribution in [-0.2, 0) is 6.54 Å². The molecule has 0 bridgehead atoms. The molecule has 1 saturated heterocycles. The van der Waals surface area contributed by atoms with Gasteiger partial charge in [0.25, 0.3) is 5.91 Å². The lowest BCUT2D eigenvalue weighted by atomic mass is 9.90. The summed E-state index contributed by atoms with van der Waals surface area (Å²) in [6.45, 7) is 3.99. The van der Waals surface area contributed by atoms with E-state index >= 15 is 0 Å². The summed E-state index contributed by atoms with van der Waals surface area (Å²) in [7, 11) is 3.44. The standard InChI is InChI=1S/C26H30N4O3S/c1-18-6-11-23(25(31)29(2)17-22-5-4-16-33-22)24(27-18)19-12-14-30(15-13-19)26(34)28-20-7-9-21(32-3)10-8-20/h4-11,16,19H,12-15,17H2,1-3H3,(H,28,34). The molecule has 34 heavy (non-hydrogen) atoms. The van der Waals surface area contributed by atoms with Crippen LogP contribution in [0, 0.1) is 6.92 Å². The molecule has 1 aromatic carbocycles. The van der Waals surface area contributed by atoms with Gasteiger partial charge in [-0.05, 0) is 80.5 Å². The Labute approximate surface area is 205 Å². The number of likely N-dealkylation sites (tertiary alicyclic amines) is 1. The zero-order valence-corrected chi connectivity index (χ0v) is 20.6. The number of anilines is 1. The zero-order chi connectivity index (χ0) is 24.1. The smallest absolute Gasteiger partial charge is 0.255 e. The topological polar surface area (TPSA) is 70.8 Å². The molecule has 4 rings (SSSR count). The monoisotopic (exact) mass is 478 g/mol. The summed E-state index contributed by atoms with van der Waals surface area (Å²) in [5.41, 5.74) is 3.39. The van der Waals surface area contributed by atoms with Gasteiger partial charge in [-0.1, -0.05) is 0 Å². The number of nitrogens with one attached hydrogen (secondary N) is 1. The van der Waals surface area contributed by atoms with Gasteiger partial charge in [0.1, 0.15) is 11.5 Å². The van der Waals surface area contributed by atoms with E-state index in [4.69, 9.17) is 26.4 Å². The van der Waals surface area contributed by atoms with Crippen molar-refractivity contribution in [1.82, 2.24) is 14.8 Å². The van der Waals surface area contributed by atoms with E-state index in [9.17, 15) is 4.79 Å². The lowest BCUT2D eigenvalue weighted by Gasteiger charge is -2.34. The SMILES string of the molecule is COc1ccc(NC(=S)N2CCC(c3nc(C)ccc3C(=O)N(C)Cc3ccco3)CC2)cc1. The summed E-state index contributed by atoms with van der Waals surface area (Å²) in [5, 5.41) is 4.01. The minimum Gasteiger partial charge on any atom is -0.497 e. The molecular weight excluding hydrogens is 448 g/mol. The van der Waals surface area contributed by atoms with E-state index in [-0.39, 0.29) is 11.8 Å². The second-order valence-corrected chi connectivity index (χ2v) is 8.93. The Kier molecular flexibility index (Phi) is 7.47. The number of aromatic nitrogens is 1. The Morgan fingerprint density at radius 2 is 1.94 bits per heavy atom. The number of rotatable bonds is 6. The molecule has 1 aliphatic rings. The van der Waals surface area contributed by atoms with Gasteiger partial charge in [0.15, 0.2) is 5.11 Å². The number of carbonyl (C=O) groups is 1. The molecule has 1 amide bonds. The van der Waals surface area contributed by atoms with E-state index in [0.29, 0.717) is 17.2 Å². The molecule has 0 saturated carbocycles. The number of hydrogen-bond acceptors (Lipinski definition) is 5. The van der Waals surface area contributed by atoms with E-state index in [1.807, 2.05) is 55.5 Å². The molecule has 1 fully saturated rings. The summed E-state index contributed by atoms with van der Waals surface area (Å²) in [6.07, 6.45) is 3.38. The van der Waals surface area contributed by atoms with Gasteiger partial charge in [0, 0.05) is 37.4 Å². The maximum atomic E-state index is 13.3. The van der Waals surface area contributed by atoms with Crippen LogP contribution in [-0.4, -0.2) is 53.1 Å². The van der Waals surface area contributed by atoms with Crippen molar-refractivity contribution in [3.8, 4) is 5.75 Å². The van der Waals surface area contributed by atoms with Gasteiger partial charge in [0.2, 0.25) is 0 Å². The molecule has 0 atom stereocenters. The van der Waals surface area contributed by atoms with Crippen LogP contribution in [0.4, 0.5) is 5.69 Å². The van der Waals surface area contributed by atoms with Gasteiger partial charge in [-0.15, -0.1) is 0 Å². The highest BCUT2D eigenvalue weighted by Gasteiger charge is 2.28.